The van der Waals surface area contributed by atoms with Gasteiger partial charge in [-0.15, -0.1) is 0 Å². The van der Waals surface area contributed by atoms with Crippen molar-refractivity contribution in [2.24, 2.45) is 0 Å². The van der Waals surface area contributed by atoms with E-state index in [-0.39, 0.29) is 0 Å². The van der Waals surface area contributed by atoms with Crippen LogP contribution in [-0.2, 0) is 6.42 Å². The van der Waals surface area contributed by atoms with Gasteiger partial charge < -0.3 is 9.73 Å². The van der Waals surface area contributed by atoms with E-state index in [1.165, 1.54) is 25.7 Å². The van der Waals surface area contributed by atoms with Crippen molar-refractivity contribution in [3.63, 3.8) is 0 Å². The SMILES string of the molecule is CSC1CCCCC1NC(C)CCc1ccco1. The maximum atomic E-state index is 5.38. The maximum absolute atomic E-state index is 5.38. The summed E-state index contributed by atoms with van der Waals surface area (Å²) in [5.74, 6) is 1.11. The third-order valence-corrected chi connectivity index (χ3v) is 5.08. The Morgan fingerprint density at radius 2 is 2.28 bits per heavy atom. The first-order chi connectivity index (χ1) is 8.79. The summed E-state index contributed by atoms with van der Waals surface area (Å²) in [6.07, 6.45) is 11.7. The van der Waals surface area contributed by atoms with Crippen molar-refractivity contribution < 1.29 is 4.42 Å². The van der Waals surface area contributed by atoms with Gasteiger partial charge in [-0.05, 0) is 44.6 Å². The van der Waals surface area contributed by atoms with Crippen LogP contribution >= 0.6 is 11.8 Å². The van der Waals surface area contributed by atoms with Crippen LogP contribution < -0.4 is 5.32 Å². The number of rotatable bonds is 6. The fourth-order valence-electron chi connectivity index (χ4n) is 2.83. The number of aryl methyl sites for hydroxylation is 1. The van der Waals surface area contributed by atoms with Crippen LogP contribution in [0.4, 0.5) is 0 Å². The Hall–Kier alpha value is -0.410. The normalized spacial score (nSPS) is 26.1. The molecular formula is C15H25NOS. The van der Waals surface area contributed by atoms with Crippen LogP contribution in [-0.4, -0.2) is 23.6 Å². The summed E-state index contributed by atoms with van der Waals surface area (Å²) in [7, 11) is 0. The molecule has 1 aromatic rings. The van der Waals surface area contributed by atoms with Crippen LogP contribution in [0.3, 0.4) is 0 Å². The molecule has 0 bridgehead atoms. The lowest BCUT2D eigenvalue weighted by atomic mass is 9.94. The van der Waals surface area contributed by atoms with Crippen molar-refractivity contribution in [1.82, 2.24) is 5.32 Å². The zero-order valence-corrected chi connectivity index (χ0v) is 12.3. The van der Waals surface area contributed by atoms with Gasteiger partial charge in [-0.1, -0.05) is 12.8 Å². The molecule has 2 rings (SSSR count). The van der Waals surface area contributed by atoms with Gasteiger partial charge in [0.25, 0.3) is 0 Å². The molecule has 0 aromatic carbocycles. The lowest BCUT2D eigenvalue weighted by Crippen LogP contribution is -2.44. The molecule has 3 atom stereocenters. The molecule has 3 heteroatoms. The van der Waals surface area contributed by atoms with E-state index in [1.807, 2.05) is 17.8 Å². The zero-order valence-electron chi connectivity index (χ0n) is 11.5. The van der Waals surface area contributed by atoms with E-state index in [0.717, 1.165) is 23.9 Å². The van der Waals surface area contributed by atoms with Gasteiger partial charge in [-0.2, -0.15) is 11.8 Å². The molecule has 0 aliphatic heterocycles. The lowest BCUT2D eigenvalue weighted by Gasteiger charge is -2.33. The lowest BCUT2D eigenvalue weighted by molar-refractivity contribution is 0.341. The standard InChI is InChI=1S/C15H25NOS/c1-12(9-10-13-6-5-11-17-13)16-14-7-3-4-8-15(14)18-2/h5-6,11-12,14-16H,3-4,7-10H2,1-2H3. The largest absolute Gasteiger partial charge is 0.469 e. The predicted octanol–water partition coefficient (Wildman–Crippen LogP) is 3.86. The average Bonchev–Trinajstić information content (AvgIpc) is 2.90. The predicted molar refractivity (Wildman–Crippen MR) is 79.2 cm³/mol. The summed E-state index contributed by atoms with van der Waals surface area (Å²) in [6, 6.07) is 5.32. The molecule has 1 fully saturated rings. The molecule has 3 unspecified atom stereocenters. The highest BCUT2D eigenvalue weighted by Crippen LogP contribution is 2.27. The van der Waals surface area contributed by atoms with E-state index >= 15 is 0 Å². The van der Waals surface area contributed by atoms with Crippen molar-refractivity contribution in [3.8, 4) is 0 Å². The summed E-state index contributed by atoms with van der Waals surface area (Å²) in [5, 5.41) is 4.63. The molecule has 0 saturated heterocycles. The van der Waals surface area contributed by atoms with E-state index in [9.17, 15) is 0 Å². The average molecular weight is 267 g/mol. The van der Waals surface area contributed by atoms with Gasteiger partial charge >= 0.3 is 0 Å². The Labute approximate surface area is 115 Å². The number of nitrogens with one attached hydrogen (secondary N) is 1. The minimum absolute atomic E-state index is 0.577. The highest BCUT2D eigenvalue weighted by Gasteiger charge is 2.25. The van der Waals surface area contributed by atoms with Gasteiger partial charge in [0, 0.05) is 23.8 Å². The summed E-state index contributed by atoms with van der Waals surface area (Å²) in [5.41, 5.74) is 0. The minimum atomic E-state index is 0.577. The van der Waals surface area contributed by atoms with Crippen molar-refractivity contribution in [2.75, 3.05) is 6.26 Å². The molecule has 18 heavy (non-hydrogen) atoms. The van der Waals surface area contributed by atoms with Crippen molar-refractivity contribution in [3.05, 3.63) is 24.2 Å². The molecule has 1 aliphatic rings. The topological polar surface area (TPSA) is 25.2 Å². The molecule has 1 saturated carbocycles. The molecule has 0 radical (unpaired) electrons. The molecule has 1 heterocycles. The Morgan fingerprint density at radius 1 is 1.44 bits per heavy atom. The van der Waals surface area contributed by atoms with E-state index in [2.05, 4.69) is 24.6 Å². The van der Waals surface area contributed by atoms with Crippen molar-refractivity contribution >= 4 is 11.8 Å². The zero-order chi connectivity index (χ0) is 12.8. The molecule has 2 nitrogen and oxygen atoms in total. The molecule has 102 valence electrons. The van der Waals surface area contributed by atoms with Crippen LogP contribution in [0.15, 0.2) is 22.8 Å². The number of thioether (sulfide) groups is 1. The monoisotopic (exact) mass is 267 g/mol. The first kappa shape index (κ1) is 14.0. The number of hydrogen-bond acceptors (Lipinski definition) is 3. The first-order valence-corrected chi connectivity index (χ1v) is 8.39. The van der Waals surface area contributed by atoms with Gasteiger partial charge in [0.1, 0.15) is 5.76 Å². The number of hydrogen-bond donors (Lipinski definition) is 1. The van der Waals surface area contributed by atoms with Crippen LogP contribution in [0, 0.1) is 0 Å². The van der Waals surface area contributed by atoms with Crippen LogP contribution in [0.1, 0.15) is 44.8 Å². The highest BCUT2D eigenvalue weighted by molar-refractivity contribution is 7.99. The Balaban J connectivity index is 1.73. The van der Waals surface area contributed by atoms with Gasteiger partial charge in [0.15, 0.2) is 0 Å². The van der Waals surface area contributed by atoms with Crippen LogP contribution in [0.5, 0.6) is 0 Å². The van der Waals surface area contributed by atoms with Gasteiger partial charge in [-0.3, -0.25) is 0 Å². The Bertz CT molecular complexity index is 325. The summed E-state index contributed by atoms with van der Waals surface area (Å²) >= 11 is 2.03. The molecule has 1 aromatic heterocycles. The van der Waals surface area contributed by atoms with Gasteiger partial charge in [0.2, 0.25) is 0 Å². The quantitative estimate of drug-likeness (QED) is 0.847. The fraction of sp³-hybridized carbons (Fsp3) is 0.733. The second kappa shape index (κ2) is 7.25. The van der Waals surface area contributed by atoms with E-state index < -0.39 is 0 Å². The second-order valence-electron chi connectivity index (χ2n) is 5.35. The minimum Gasteiger partial charge on any atom is -0.469 e. The summed E-state index contributed by atoms with van der Waals surface area (Å²) in [4.78, 5) is 0. The summed E-state index contributed by atoms with van der Waals surface area (Å²) in [6.45, 7) is 2.30. The second-order valence-corrected chi connectivity index (χ2v) is 6.43. The third kappa shape index (κ3) is 4.06. The smallest absolute Gasteiger partial charge is 0.103 e. The molecule has 0 amide bonds. The molecular weight excluding hydrogens is 242 g/mol. The van der Waals surface area contributed by atoms with Crippen LogP contribution in [0.25, 0.3) is 0 Å². The Kier molecular flexibility index (Phi) is 5.64. The maximum Gasteiger partial charge on any atom is 0.103 e. The van der Waals surface area contributed by atoms with Crippen molar-refractivity contribution in [1.29, 1.82) is 0 Å². The van der Waals surface area contributed by atoms with E-state index in [1.54, 1.807) is 6.26 Å². The third-order valence-electron chi connectivity index (χ3n) is 3.91. The van der Waals surface area contributed by atoms with Crippen LogP contribution in [0.2, 0.25) is 0 Å². The molecule has 1 aliphatic carbocycles. The fourth-order valence-corrected chi connectivity index (χ4v) is 3.78. The van der Waals surface area contributed by atoms with E-state index in [0.29, 0.717) is 12.1 Å². The van der Waals surface area contributed by atoms with Crippen molar-refractivity contribution in [2.45, 2.75) is 62.8 Å². The molecule has 0 spiro atoms. The van der Waals surface area contributed by atoms with Gasteiger partial charge in [0.05, 0.1) is 6.26 Å². The number of furan rings is 1. The summed E-state index contributed by atoms with van der Waals surface area (Å²) < 4.78 is 5.38. The first-order valence-electron chi connectivity index (χ1n) is 7.11. The van der Waals surface area contributed by atoms with Gasteiger partial charge in [-0.25, -0.2) is 0 Å². The highest BCUT2D eigenvalue weighted by atomic mass is 32.2. The molecule has 1 N–H and O–H groups in total. The van der Waals surface area contributed by atoms with E-state index in [4.69, 9.17) is 4.42 Å². The Morgan fingerprint density at radius 3 is 3.00 bits per heavy atom.